The van der Waals surface area contributed by atoms with Crippen molar-refractivity contribution in [2.24, 2.45) is 11.7 Å². The molecule has 1 heterocycles. The van der Waals surface area contributed by atoms with E-state index in [-0.39, 0.29) is 17.9 Å². The first kappa shape index (κ1) is 10.0. The minimum atomic E-state index is -0.0193. The molecule has 0 aromatic carbocycles. The van der Waals surface area contributed by atoms with E-state index in [0.29, 0.717) is 5.95 Å². The quantitative estimate of drug-likeness (QED) is 0.740. The summed E-state index contributed by atoms with van der Waals surface area (Å²) >= 11 is 0. The van der Waals surface area contributed by atoms with Crippen LogP contribution in [0.15, 0.2) is 18.5 Å². The van der Waals surface area contributed by atoms with Crippen molar-refractivity contribution in [1.82, 2.24) is 9.97 Å². The number of amides is 1. The summed E-state index contributed by atoms with van der Waals surface area (Å²) in [6.07, 6.45) is 5.75. The fraction of sp³-hybridized carbons (Fsp3) is 0.500. The molecule has 0 spiro atoms. The lowest BCUT2D eigenvalue weighted by atomic mass is 10.1. The van der Waals surface area contributed by atoms with Crippen molar-refractivity contribution in [1.29, 1.82) is 0 Å². The molecular formula is C10H14N4O. The summed E-state index contributed by atoms with van der Waals surface area (Å²) < 4.78 is 0. The fourth-order valence-electron chi connectivity index (χ4n) is 1.83. The maximum atomic E-state index is 11.7. The van der Waals surface area contributed by atoms with Gasteiger partial charge in [0.1, 0.15) is 0 Å². The molecule has 0 saturated heterocycles. The van der Waals surface area contributed by atoms with Gasteiger partial charge in [-0.25, -0.2) is 9.97 Å². The Hall–Kier alpha value is -1.49. The van der Waals surface area contributed by atoms with Crippen LogP contribution in [-0.4, -0.2) is 21.9 Å². The number of anilines is 1. The zero-order valence-electron chi connectivity index (χ0n) is 8.39. The van der Waals surface area contributed by atoms with E-state index in [9.17, 15) is 4.79 Å². The van der Waals surface area contributed by atoms with Gasteiger partial charge in [-0.2, -0.15) is 0 Å². The molecule has 1 amide bonds. The molecular weight excluding hydrogens is 192 g/mol. The molecule has 2 unspecified atom stereocenters. The highest BCUT2D eigenvalue weighted by molar-refractivity contribution is 5.91. The highest BCUT2D eigenvalue weighted by atomic mass is 16.2. The third kappa shape index (κ3) is 2.50. The summed E-state index contributed by atoms with van der Waals surface area (Å²) in [7, 11) is 0. The van der Waals surface area contributed by atoms with E-state index in [2.05, 4.69) is 15.3 Å². The Balaban J connectivity index is 1.93. The van der Waals surface area contributed by atoms with E-state index < -0.39 is 0 Å². The van der Waals surface area contributed by atoms with Crippen LogP contribution in [0.5, 0.6) is 0 Å². The van der Waals surface area contributed by atoms with Crippen LogP contribution < -0.4 is 11.1 Å². The minimum absolute atomic E-state index is 0.0174. The van der Waals surface area contributed by atoms with Crippen LogP contribution in [0.4, 0.5) is 5.95 Å². The van der Waals surface area contributed by atoms with Crippen LogP contribution in [0.25, 0.3) is 0 Å². The zero-order chi connectivity index (χ0) is 10.7. The van der Waals surface area contributed by atoms with Gasteiger partial charge in [0, 0.05) is 24.4 Å². The predicted octanol–water partition coefficient (Wildman–Crippen LogP) is 0.542. The van der Waals surface area contributed by atoms with Crippen molar-refractivity contribution < 1.29 is 4.79 Å². The van der Waals surface area contributed by atoms with Gasteiger partial charge in [-0.15, -0.1) is 0 Å². The van der Waals surface area contributed by atoms with E-state index in [1.54, 1.807) is 18.5 Å². The molecule has 0 aliphatic heterocycles. The number of carbonyl (C=O) groups is 1. The van der Waals surface area contributed by atoms with Gasteiger partial charge in [-0.3, -0.25) is 10.1 Å². The van der Waals surface area contributed by atoms with Crippen molar-refractivity contribution in [2.45, 2.75) is 25.3 Å². The topological polar surface area (TPSA) is 80.9 Å². The lowest BCUT2D eigenvalue weighted by Gasteiger charge is -2.08. The molecule has 1 saturated carbocycles. The second-order valence-corrected chi connectivity index (χ2v) is 3.83. The zero-order valence-corrected chi connectivity index (χ0v) is 8.39. The molecule has 5 heteroatoms. The Kier molecular flexibility index (Phi) is 2.91. The van der Waals surface area contributed by atoms with Crippen LogP contribution in [0, 0.1) is 5.92 Å². The Morgan fingerprint density at radius 2 is 2.13 bits per heavy atom. The van der Waals surface area contributed by atoms with Gasteiger partial charge >= 0.3 is 0 Å². The Bertz CT molecular complexity index is 341. The van der Waals surface area contributed by atoms with Gasteiger partial charge in [-0.1, -0.05) is 0 Å². The molecule has 1 fully saturated rings. The summed E-state index contributed by atoms with van der Waals surface area (Å²) in [6, 6.07) is 1.87. The molecule has 5 nitrogen and oxygen atoms in total. The average molecular weight is 206 g/mol. The third-order valence-electron chi connectivity index (χ3n) is 2.64. The maximum Gasteiger partial charge on any atom is 0.229 e. The van der Waals surface area contributed by atoms with Crippen LogP contribution in [0.3, 0.4) is 0 Å². The van der Waals surface area contributed by atoms with Crippen LogP contribution in [0.2, 0.25) is 0 Å². The average Bonchev–Trinajstić information content (AvgIpc) is 2.66. The second-order valence-electron chi connectivity index (χ2n) is 3.83. The summed E-state index contributed by atoms with van der Waals surface area (Å²) in [4.78, 5) is 19.6. The molecule has 3 N–H and O–H groups in total. The van der Waals surface area contributed by atoms with Crippen molar-refractivity contribution in [3.63, 3.8) is 0 Å². The number of hydrogen-bond donors (Lipinski definition) is 2. The van der Waals surface area contributed by atoms with Crippen LogP contribution in [0.1, 0.15) is 19.3 Å². The molecule has 2 rings (SSSR count). The molecule has 0 radical (unpaired) electrons. The highest BCUT2D eigenvalue weighted by Gasteiger charge is 2.27. The van der Waals surface area contributed by atoms with Crippen molar-refractivity contribution in [3.8, 4) is 0 Å². The van der Waals surface area contributed by atoms with E-state index in [0.717, 1.165) is 19.3 Å². The number of rotatable bonds is 2. The van der Waals surface area contributed by atoms with Gasteiger partial charge in [-0.05, 0) is 25.3 Å². The van der Waals surface area contributed by atoms with E-state index >= 15 is 0 Å². The molecule has 1 aliphatic carbocycles. The number of hydrogen-bond acceptors (Lipinski definition) is 4. The highest BCUT2D eigenvalue weighted by Crippen LogP contribution is 2.24. The minimum Gasteiger partial charge on any atom is -0.328 e. The predicted molar refractivity (Wildman–Crippen MR) is 56.0 cm³/mol. The number of nitrogens with zero attached hydrogens (tertiary/aromatic N) is 2. The molecule has 1 aliphatic rings. The standard InChI is InChI=1S/C10H14N4O/c11-8-3-2-7(6-8)9(15)14-10-12-4-1-5-13-10/h1,4-5,7-8H,2-3,6,11H2,(H,12,13,14,15). The number of nitrogens with one attached hydrogen (secondary N) is 1. The Morgan fingerprint density at radius 3 is 2.73 bits per heavy atom. The van der Waals surface area contributed by atoms with Gasteiger partial charge < -0.3 is 5.73 Å². The summed E-state index contributed by atoms with van der Waals surface area (Å²) in [6.45, 7) is 0. The third-order valence-corrected chi connectivity index (χ3v) is 2.64. The fourth-order valence-corrected chi connectivity index (χ4v) is 1.83. The first-order chi connectivity index (χ1) is 7.25. The molecule has 80 valence electrons. The number of aromatic nitrogens is 2. The van der Waals surface area contributed by atoms with Crippen molar-refractivity contribution in [2.75, 3.05) is 5.32 Å². The largest absolute Gasteiger partial charge is 0.328 e. The first-order valence-corrected chi connectivity index (χ1v) is 5.09. The molecule has 0 bridgehead atoms. The Morgan fingerprint density at radius 1 is 1.40 bits per heavy atom. The molecule has 2 atom stereocenters. The van der Waals surface area contributed by atoms with Gasteiger partial charge in [0.05, 0.1) is 0 Å². The lowest BCUT2D eigenvalue weighted by Crippen LogP contribution is -2.24. The molecule has 1 aromatic rings. The van der Waals surface area contributed by atoms with E-state index in [4.69, 9.17) is 5.73 Å². The molecule has 15 heavy (non-hydrogen) atoms. The normalized spacial score (nSPS) is 25.1. The molecule has 1 aromatic heterocycles. The number of carbonyl (C=O) groups excluding carboxylic acids is 1. The summed E-state index contributed by atoms with van der Waals surface area (Å²) in [5.74, 6) is 0.362. The van der Waals surface area contributed by atoms with Crippen molar-refractivity contribution >= 4 is 11.9 Å². The van der Waals surface area contributed by atoms with Crippen LogP contribution in [-0.2, 0) is 4.79 Å². The van der Waals surface area contributed by atoms with E-state index in [1.807, 2.05) is 0 Å². The summed E-state index contributed by atoms with van der Waals surface area (Å²) in [5, 5.41) is 2.69. The maximum absolute atomic E-state index is 11.7. The summed E-state index contributed by atoms with van der Waals surface area (Å²) in [5.41, 5.74) is 5.75. The first-order valence-electron chi connectivity index (χ1n) is 5.09. The smallest absolute Gasteiger partial charge is 0.229 e. The van der Waals surface area contributed by atoms with Crippen molar-refractivity contribution in [3.05, 3.63) is 18.5 Å². The van der Waals surface area contributed by atoms with Gasteiger partial charge in [0.25, 0.3) is 0 Å². The van der Waals surface area contributed by atoms with Gasteiger partial charge in [0.2, 0.25) is 11.9 Å². The van der Waals surface area contributed by atoms with Crippen LogP contribution >= 0.6 is 0 Å². The van der Waals surface area contributed by atoms with E-state index in [1.165, 1.54) is 0 Å². The SMILES string of the molecule is NC1CCC(C(=O)Nc2ncccn2)C1. The van der Waals surface area contributed by atoms with Gasteiger partial charge in [0.15, 0.2) is 0 Å². The Labute approximate surface area is 88.1 Å². The monoisotopic (exact) mass is 206 g/mol. The second kappa shape index (κ2) is 4.35. The number of nitrogens with two attached hydrogens (primary N) is 1. The lowest BCUT2D eigenvalue weighted by molar-refractivity contribution is -0.119.